The third-order valence-corrected chi connectivity index (χ3v) is 3.17. The van der Waals surface area contributed by atoms with Gasteiger partial charge in [-0.3, -0.25) is 5.10 Å². The van der Waals surface area contributed by atoms with Gasteiger partial charge >= 0.3 is 0 Å². The van der Waals surface area contributed by atoms with Crippen molar-refractivity contribution in [2.24, 2.45) is 0 Å². The van der Waals surface area contributed by atoms with Crippen molar-refractivity contribution in [1.29, 1.82) is 0 Å². The van der Waals surface area contributed by atoms with Crippen molar-refractivity contribution < 1.29 is 9.47 Å². The van der Waals surface area contributed by atoms with Crippen LogP contribution in [0.15, 0.2) is 0 Å². The quantitative estimate of drug-likeness (QED) is 0.748. The van der Waals surface area contributed by atoms with Crippen LogP contribution in [-0.4, -0.2) is 48.7 Å². The number of nitrogens with zero attached hydrogens (tertiary/aromatic N) is 2. The summed E-state index contributed by atoms with van der Waals surface area (Å²) in [5.74, 6) is 2.22. The number of anilines is 1. The second-order valence-corrected chi connectivity index (χ2v) is 4.37. The van der Waals surface area contributed by atoms with Crippen molar-refractivity contribution in [2.75, 3.05) is 32.7 Å². The Morgan fingerprint density at radius 2 is 2.29 bits per heavy atom. The molecule has 1 aliphatic carbocycles. The SMILES string of the molecule is COCC(CNc1n[nH]c(C2CCC2)n1)OC. The highest BCUT2D eigenvalue weighted by molar-refractivity contribution is 5.24. The normalized spacial score (nSPS) is 17.8. The first kappa shape index (κ1) is 12.3. The number of nitrogens with one attached hydrogen (secondary N) is 2. The molecule has 1 heterocycles. The van der Waals surface area contributed by atoms with Crippen LogP contribution in [-0.2, 0) is 9.47 Å². The van der Waals surface area contributed by atoms with E-state index >= 15 is 0 Å². The number of aromatic nitrogens is 3. The highest BCUT2D eigenvalue weighted by Crippen LogP contribution is 2.34. The Bertz CT molecular complexity index is 338. The fourth-order valence-corrected chi connectivity index (χ4v) is 1.82. The first-order valence-corrected chi connectivity index (χ1v) is 6.01. The lowest BCUT2D eigenvalue weighted by Crippen LogP contribution is -2.26. The fourth-order valence-electron chi connectivity index (χ4n) is 1.82. The van der Waals surface area contributed by atoms with Crippen LogP contribution in [0, 0.1) is 0 Å². The summed E-state index contributed by atoms with van der Waals surface area (Å²) in [4.78, 5) is 4.42. The predicted molar refractivity (Wildman–Crippen MR) is 64.1 cm³/mol. The van der Waals surface area contributed by atoms with Crippen LogP contribution in [0.2, 0.25) is 0 Å². The van der Waals surface area contributed by atoms with Crippen LogP contribution in [0.1, 0.15) is 31.0 Å². The second kappa shape index (κ2) is 5.97. The number of rotatable bonds is 7. The third kappa shape index (κ3) is 3.17. The van der Waals surface area contributed by atoms with Gasteiger partial charge in [-0.25, -0.2) is 0 Å². The van der Waals surface area contributed by atoms with Crippen molar-refractivity contribution in [1.82, 2.24) is 15.2 Å². The fraction of sp³-hybridized carbons (Fsp3) is 0.818. The van der Waals surface area contributed by atoms with Gasteiger partial charge in [0, 0.05) is 26.7 Å². The van der Waals surface area contributed by atoms with E-state index in [1.165, 1.54) is 19.3 Å². The lowest BCUT2D eigenvalue weighted by atomic mass is 9.85. The maximum Gasteiger partial charge on any atom is 0.242 e. The molecule has 96 valence electrons. The molecule has 2 N–H and O–H groups in total. The van der Waals surface area contributed by atoms with Crippen LogP contribution >= 0.6 is 0 Å². The molecule has 0 amide bonds. The van der Waals surface area contributed by atoms with E-state index in [9.17, 15) is 0 Å². The summed E-state index contributed by atoms with van der Waals surface area (Å²) in [6.45, 7) is 1.20. The van der Waals surface area contributed by atoms with E-state index < -0.39 is 0 Å². The minimum atomic E-state index is 0.0191. The molecule has 1 fully saturated rings. The van der Waals surface area contributed by atoms with E-state index in [0.717, 1.165) is 5.82 Å². The largest absolute Gasteiger partial charge is 0.382 e. The Labute approximate surface area is 101 Å². The third-order valence-electron chi connectivity index (χ3n) is 3.17. The van der Waals surface area contributed by atoms with Gasteiger partial charge in [-0.1, -0.05) is 6.42 Å². The summed E-state index contributed by atoms with van der Waals surface area (Å²) in [7, 11) is 3.33. The van der Waals surface area contributed by atoms with Gasteiger partial charge in [0.1, 0.15) is 5.82 Å². The Kier molecular flexibility index (Phi) is 4.33. The molecular weight excluding hydrogens is 220 g/mol. The molecule has 1 unspecified atom stereocenters. The van der Waals surface area contributed by atoms with Gasteiger partial charge in [0.25, 0.3) is 0 Å². The molecule has 0 spiro atoms. The summed E-state index contributed by atoms with van der Waals surface area (Å²) in [5, 5.41) is 10.3. The highest BCUT2D eigenvalue weighted by Gasteiger charge is 2.23. The molecular formula is C11H20N4O2. The number of ether oxygens (including phenoxy) is 2. The molecule has 1 aliphatic rings. The second-order valence-electron chi connectivity index (χ2n) is 4.37. The van der Waals surface area contributed by atoms with Crippen molar-refractivity contribution in [3.8, 4) is 0 Å². The topological polar surface area (TPSA) is 72.1 Å². The van der Waals surface area contributed by atoms with E-state index in [-0.39, 0.29) is 6.10 Å². The lowest BCUT2D eigenvalue weighted by molar-refractivity contribution is 0.0365. The Hall–Kier alpha value is -1.14. The minimum absolute atomic E-state index is 0.0191. The standard InChI is InChI=1S/C11H20N4O2/c1-16-7-9(17-2)6-12-11-13-10(14-15-11)8-4-3-5-8/h8-9H,3-7H2,1-2H3,(H2,12,13,14,15). The molecule has 17 heavy (non-hydrogen) atoms. The van der Waals surface area contributed by atoms with Crippen LogP contribution in [0.25, 0.3) is 0 Å². The number of hydrogen-bond donors (Lipinski definition) is 2. The number of hydrogen-bond acceptors (Lipinski definition) is 5. The molecule has 1 aromatic heterocycles. The van der Waals surface area contributed by atoms with E-state index in [2.05, 4.69) is 20.5 Å². The van der Waals surface area contributed by atoms with Gasteiger partial charge in [0.2, 0.25) is 5.95 Å². The van der Waals surface area contributed by atoms with Crippen molar-refractivity contribution in [3.63, 3.8) is 0 Å². The molecule has 2 rings (SSSR count). The molecule has 0 radical (unpaired) electrons. The summed E-state index contributed by atoms with van der Waals surface area (Å²) < 4.78 is 10.3. The molecule has 6 heteroatoms. The van der Waals surface area contributed by atoms with Gasteiger partial charge < -0.3 is 14.8 Å². The van der Waals surface area contributed by atoms with Crippen LogP contribution < -0.4 is 5.32 Å². The lowest BCUT2D eigenvalue weighted by Gasteiger charge is -2.22. The Morgan fingerprint density at radius 3 is 2.88 bits per heavy atom. The van der Waals surface area contributed by atoms with Crippen LogP contribution in [0.5, 0.6) is 0 Å². The zero-order valence-corrected chi connectivity index (χ0v) is 10.4. The first-order valence-electron chi connectivity index (χ1n) is 6.01. The summed E-state index contributed by atoms with van der Waals surface area (Å²) in [6.07, 6.45) is 3.76. The molecule has 1 saturated carbocycles. The average Bonchev–Trinajstić information content (AvgIpc) is 2.70. The zero-order chi connectivity index (χ0) is 12.1. The molecule has 0 aromatic carbocycles. The van der Waals surface area contributed by atoms with Crippen molar-refractivity contribution in [3.05, 3.63) is 5.82 Å². The zero-order valence-electron chi connectivity index (χ0n) is 10.4. The van der Waals surface area contributed by atoms with Crippen LogP contribution in [0.3, 0.4) is 0 Å². The molecule has 0 saturated heterocycles. The molecule has 0 bridgehead atoms. The van der Waals surface area contributed by atoms with Gasteiger partial charge in [0.15, 0.2) is 0 Å². The van der Waals surface area contributed by atoms with E-state index in [0.29, 0.717) is 25.0 Å². The predicted octanol–water partition coefficient (Wildman–Crippen LogP) is 1.15. The highest BCUT2D eigenvalue weighted by atomic mass is 16.5. The van der Waals surface area contributed by atoms with E-state index in [4.69, 9.17) is 9.47 Å². The summed E-state index contributed by atoms with van der Waals surface area (Å²) in [5.41, 5.74) is 0. The number of aromatic amines is 1. The van der Waals surface area contributed by atoms with E-state index in [1.54, 1.807) is 14.2 Å². The van der Waals surface area contributed by atoms with Crippen molar-refractivity contribution in [2.45, 2.75) is 31.3 Å². The minimum Gasteiger partial charge on any atom is -0.382 e. The van der Waals surface area contributed by atoms with Crippen LogP contribution in [0.4, 0.5) is 5.95 Å². The monoisotopic (exact) mass is 240 g/mol. The molecule has 0 aliphatic heterocycles. The summed E-state index contributed by atoms with van der Waals surface area (Å²) >= 11 is 0. The van der Waals surface area contributed by atoms with Crippen molar-refractivity contribution >= 4 is 5.95 Å². The molecule has 6 nitrogen and oxygen atoms in total. The number of methoxy groups -OCH3 is 2. The van der Waals surface area contributed by atoms with Gasteiger partial charge in [-0.2, -0.15) is 4.98 Å². The van der Waals surface area contributed by atoms with Gasteiger partial charge in [0.05, 0.1) is 12.7 Å². The maximum atomic E-state index is 5.25. The Morgan fingerprint density at radius 1 is 1.47 bits per heavy atom. The maximum absolute atomic E-state index is 5.25. The number of H-pyrrole nitrogens is 1. The first-order chi connectivity index (χ1) is 8.33. The molecule has 1 aromatic rings. The molecule has 1 atom stereocenters. The van der Waals surface area contributed by atoms with E-state index in [1.807, 2.05) is 0 Å². The Balaban J connectivity index is 1.79. The van der Waals surface area contributed by atoms with Gasteiger partial charge in [-0.15, -0.1) is 5.10 Å². The van der Waals surface area contributed by atoms with Gasteiger partial charge in [-0.05, 0) is 12.8 Å². The average molecular weight is 240 g/mol. The summed E-state index contributed by atoms with van der Waals surface area (Å²) in [6, 6.07) is 0. The smallest absolute Gasteiger partial charge is 0.242 e.